The summed E-state index contributed by atoms with van der Waals surface area (Å²) in [5, 5.41) is 24.1. The van der Waals surface area contributed by atoms with Crippen molar-refractivity contribution in [2.24, 2.45) is 17.8 Å². The van der Waals surface area contributed by atoms with Crippen LogP contribution in [0, 0.1) is 17.8 Å². The number of amides is 2. The number of hydrogen-bond donors (Lipinski definition) is 2. The van der Waals surface area contributed by atoms with Crippen molar-refractivity contribution in [2.75, 3.05) is 11.4 Å². The second-order valence-corrected chi connectivity index (χ2v) is 12.8. The summed E-state index contributed by atoms with van der Waals surface area (Å²) >= 11 is 0. The first-order valence-corrected chi connectivity index (χ1v) is 16.7. The Balaban J connectivity index is 1.77. The molecule has 0 bridgehead atoms. The van der Waals surface area contributed by atoms with E-state index in [-0.39, 0.29) is 30.1 Å². The molecule has 1 saturated carbocycles. The molecule has 3 aromatic heterocycles. The minimum atomic E-state index is -0.924. The third-order valence-corrected chi connectivity index (χ3v) is 8.98. The number of unbranched alkanes of at least 4 members (excludes halogenated alkanes) is 1. The lowest BCUT2D eigenvalue weighted by Gasteiger charge is -2.37. The number of hydrogen-bond acceptors (Lipinski definition) is 7. The number of pyridine rings is 1. The number of aryl methyl sites for hydroxylation is 1. The van der Waals surface area contributed by atoms with Crippen LogP contribution in [0.4, 0.5) is 5.95 Å². The van der Waals surface area contributed by atoms with E-state index in [9.17, 15) is 14.7 Å². The van der Waals surface area contributed by atoms with Gasteiger partial charge in [0.2, 0.25) is 17.8 Å². The molecule has 10 heteroatoms. The van der Waals surface area contributed by atoms with Crippen molar-refractivity contribution in [3.63, 3.8) is 0 Å². The van der Waals surface area contributed by atoms with Crippen molar-refractivity contribution in [1.82, 2.24) is 29.9 Å². The molecule has 44 heavy (non-hydrogen) atoms. The van der Waals surface area contributed by atoms with Gasteiger partial charge in [0.15, 0.2) is 5.65 Å². The Labute approximate surface area is 262 Å². The number of fused-ring (bicyclic) bond motifs is 1. The van der Waals surface area contributed by atoms with Gasteiger partial charge in [0.25, 0.3) is 0 Å². The maximum atomic E-state index is 13.6. The maximum absolute atomic E-state index is 13.6. The smallest absolute Gasteiger partial charge is 0.238 e. The molecule has 3 heterocycles. The van der Waals surface area contributed by atoms with Crippen LogP contribution in [0.3, 0.4) is 0 Å². The molecule has 0 aromatic carbocycles. The van der Waals surface area contributed by atoms with E-state index in [4.69, 9.17) is 4.98 Å². The van der Waals surface area contributed by atoms with E-state index in [1.807, 2.05) is 36.6 Å². The summed E-state index contributed by atoms with van der Waals surface area (Å²) in [7, 11) is 0. The molecular weight excluding hydrogens is 554 g/mol. The fourth-order valence-corrected chi connectivity index (χ4v) is 6.51. The highest BCUT2D eigenvalue weighted by atomic mass is 16.3. The first kappa shape index (κ1) is 33.5. The molecule has 1 aliphatic rings. The lowest BCUT2D eigenvalue weighted by molar-refractivity contribution is -0.127. The second kappa shape index (κ2) is 16.1. The molecule has 240 valence electrons. The number of nitrogens with one attached hydrogen (secondary N) is 1. The Morgan fingerprint density at radius 1 is 1.14 bits per heavy atom. The third kappa shape index (κ3) is 8.20. The molecule has 10 nitrogen and oxygen atoms in total. The fraction of sp³-hybridized carbons (Fsp3) is 0.647. The number of carbonyl (C=O) groups excluding carboxylic acids is 2. The zero-order valence-corrected chi connectivity index (χ0v) is 27.2. The molecule has 0 saturated heterocycles. The topological polar surface area (TPSA) is 126 Å². The van der Waals surface area contributed by atoms with E-state index in [1.165, 1.54) is 13.3 Å². The van der Waals surface area contributed by atoms with Crippen molar-refractivity contribution < 1.29 is 14.7 Å². The quantitative estimate of drug-likeness (QED) is 0.211. The highest BCUT2D eigenvalue weighted by Crippen LogP contribution is 2.34. The Morgan fingerprint density at radius 2 is 1.91 bits per heavy atom. The second-order valence-electron chi connectivity index (χ2n) is 12.8. The molecule has 0 aliphatic heterocycles. The molecule has 0 spiro atoms. The lowest BCUT2D eigenvalue weighted by atomic mass is 9.80. The van der Waals surface area contributed by atoms with E-state index < -0.39 is 12.1 Å². The summed E-state index contributed by atoms with van der Waals surface area (Å²) in [4.78, 5) is 37.6. The number of nitrogens with zero attached hydrogens (tertiary/aromatic N) is 6. The van der Waals surface area contributed by atoms with E-state index in [0.717, 1.165) is 56.2 Å². The molecule has 4 rings (SSSR count). The van der Waals surface area contributed by atoms with E-state index >= 15 is 0 Å². The Bertz CT molecular complexity index is 1350. The largest absolute Gasteiger partial charge is 0.391 e. The van der Waals surface area contributed by atoms with E-state index in [1.54, 1.807) is 17.3 Å². The van der Waals surface area contributed by atoms with Gasteiger partial charge in [-0.15, -0.1) is 10.2 Å². The number of carbonyl (C=O) groups is 2. The van der Waals surface area contributed by atoms with Crippen LogP contribution >= 0.6 is 0 Å². The summed E-state index contributed by atoms with van der Waals surface area (Å²) in [6.07, 6.45) is 14.5. The number of aliphatic hydroxyl groups is 1. The van der Waals surface area contributed by atoms with Crippen LogP contribution in [0.15, 0.2) is 30.7 Å². The summed E-state index contributed by atoms with van der Waals surface area (Å²) < 4.78 is 1.85. The highest BCUT2D eigenvalue weighted by molar-refractivity contribution is 5.91. The lowest BCUT2D eigenvalue weighted by Crippen LogP contribution is -2.50. The van der Waals surface area contributed by atoms with Crippen molar-refractivity contribution in [3.05, 3.63) is 36.4 Å². The monoisotopic (exact) mass is 605 g/mol. The average molecular weight is 606 g/mol. The van der Waals surface area contributed by atoms with Crippen LogP contribution in [0.2, 0.25) is 0 Å². The van der Waals surface area contributed by atoms with Crippen LogP contribution < -0.4 is 10.2 Å². The van der Waals surface area contributed by atoms with Crippen LogP contribution in [0.25, 0.3) is 16.9 Å². The van der Waals surface area contributed by atoms with Crippen LogP contribution in [0.5, 0.6) is 0 Å². The standard InChI is InChI=1S/C34H51N7O3/c1-6-8-18-36-33(44)27(23(3)4)20-31(43)30(19-25-14-10-9-11-15-25)41(24(5)42)34-39-38-32-28(13-7-2)37-29(22-40(32)34)26-16-12-17-35-21-26/h12,16-17,21-23,25,27,30-31,43H,6-11,13-15,18-20H2,1-5H3,(H,36,44)/t27-,30+,31+/m1/s1. The normalized spacial score (nSPS) is 16.2. The van der Waals surface area contributed by atoms with Crippen molar-refractivity contribution in [2.45, 2.75) is 117 Å². The molecule has 2 amide bonds. The van der Waals surface area contributed by atoms with Gasteiger partial charge in [-0.3, -0.25) is 23.9 Å². The molecule has 3 aromatic rings. The summed E-state index contributed by atoms with van der Waals surface area (Å²) in [6.45, 7) is 10.4. The zero-order valence-electron chi connectivity index (χ0n) is 27.2. The maximum Gasteiger partial charge on any atom is 0.238 e. The van der Waals surface area contributed by atoms with E-state index in [0.29, 0.717) is 42.6 Å². The summed E-state index contributed by atoms with van der Waals surface area (Å²) in [6, 6.07) is 3.27. The minimum Gasteiger partial charge on any atom is -0.391 e. The zero-order chi connectivity index (χ0) is 31.6. The average Bonchev–Trinajstić information content (AvgIpc) is 3.44. The first-order valence-electron chi connectivity index (χ1n) is 16.7. The molecule has 1 fully saturated rings. The summed E-state index contributed by atoms with van der Waals surface area (Å²) in [5.74, 6) is 0.143. The van der Waals surface area contributed by atoms with Gasteiger partial charge in [-0.25, -0.2) is 4.98 Å². The van der Waals surface area contributed by atoms with Crippen LogP contribution in [-0.2, 0) is 16.0 Å². The van der Waals surface area contributed by atoms with Crippen LogP contribution in [-0.4, -0.2) is 60.2 Å². The van der Waals surface area contributed by atoms with Crippen LogP contribution in [0.1, 0.15) is 105 Å². The number of aromatic nitrogens is 5. The number of aliphatic hydroxyl groups excluding tert-OH is 1. The summed E-state index contributed by atoms with van der Waals surface area (Å²) in [5.41, 5.74) is 2.96. The fourth-order valence-electron chi connectivity index (χ4n) is 6.51. The van der Waals surface area contributed by atoms with Gasteiger partial charge in [0, 0.05) is 43.5 Å². The number of rotatable bonds is 15. The van der Waals surface area contributed by atoms with E-state index in [2.05, 4.69) is 34.3 Å². The van der Waals surface area contributed by atoms with Gasteiger partial charge in [-0.2, -0.15) is 0 Å². The Hall–Kier alpha value is -3.40. The predicted octanol–water partition coefficient (Wildman–Crippen LogP) is 5.77. The van der Waals surface area contributed by atoms with Crippen molar-refractivity contribution >= 4 is 23.4 Å². The van der Waals surface area contributed by atoms with Gasteiger partial charge >= 0.3 is 0 Å². The Morgan fingerprint density at radius 3 is 2.55 bits per heavy atom. The van der Waals surface area contributed by atoms with Gasteiger partial charge in [0.1, 0.15) is 0 Å². The minimum absolute atomic E-state index is 0.0334. The van der Waals surface area contributed by atoms with Gasteiger partial charge in [-0.05, 0) is 49.7 Å². The SMILES string of the molecule is CCCCNC(=O)[C@H](C[C@H](O)[C@H](CC1CCCCC1)N(C(C)=O)c1nnc2c(CCC)nc(-c3cccnc3)cn12)C(C)C. The first-order chi connectivity index (χ1) is 21.2. The van der Waals surface area contributed by atoms with Gasteiger partial charge < -0.3 is 10.4 Å². The molecule has 3 atom stereocenters. The number of anilines is 1. The van der Waals surface area contributed by atoms with Gasteiger partial charge in [-0.1, -0.05) is 72.6 Å². The molecule has 1 aliphatic carbocycles. The highest BCUT2D eigenvalue weighted by Gasteiger charge is 2.37. The van der Waals surface area contributed by atoms with Gasteiger partial charge in [0.05, 0.1) is 23.5 Å². The third-order valence-electron chi connectivity index (χ3n) is 8.98. The van der Waals surface area contributed by atoms with Crippen molar-refractivity contribution in [3.8, 4) is 11.3 Å². The predicted molar refractivity (Wildman–Crippen MR) is 173 cm³/mol. The molecule has 2 N–H and O–H groups in total. The molecule has 0 unspecified atom stereocenters. The molecule has 0 radical (unpaired) electrons. The Kier molecular flexibility index (Phi) is 12.2. The van der Waals surface area contributed by atoms with Crippen molar-refractivity contribution in [1.29, 1.82) is 0 Å². The molecular formula is C34H51N7O3.